The molecule has 2 aromatic rings. The molecule has 1 aliphatic carbocycles. The minimum absolute atomic E-state index is 0.163. The van der Waals surface area contributed by atoms with Crippen molar-refractivity contribution in [1.82, 2.24) is 15.2 Å². The normalized spacial score (nSPS) is 19.4. The predicted octanol–water partition coefficient (Wildman–Crippen LogP) is 4.85. The number of thiazole rings is 1. The van der Waals surface area contributed by atoms with E-state index >= 15 is 0 Å². The quantitative estimate of drug-likeness (QED) is 0.431. The van der Waals surface area contributed by atoms with Crippen LogP contribution in [0.5, 0.6) is 0 Å². The summed E-state index contributed by atoms with van der Waals surface area (Å²) in [5.41, 5.74) is 2.25. The Morgan fingerprint density at radius 2 is 1.88 bits per heavy atom. The Labute approximate surface area is 207 Å². The number of carbonyl (C=O) groups is 1. The van der Waals surface area contributed by atoms with Crippen LogP contribution in [-0.4, -0.2) is 54.6 Å². The number of hydrogen-bond acceptors (Lipinski definition) is 7. The highest BCUT2D eigenvalue weighted by atomic mass is 32.1. The maximum Gasteiger partial charge on any atom is 0.332 e. The number of anilines is 1. The fourth-order valence-corrected chi connectivity index (χ4v) is 5.46. The summed E-state index contributed by atoms with van der Waals surface area (Å²) in [6, 6.07) is 9.87. The standard InChI is InChI=1S/C27H36N4O2S/c1-3-10-23(24-21-34-26(29-24)31-17-15-30(2)16-18-31)19-28-27(13-8-5-9-14-27)25(32)33-20-22-11-6-4-7-12-22/h3-4,6-7,10-12,19,21,28H,5,8-9,13-18,20H2,1-2H3/b10-3-,23-19+. The molecule has 7 heteroatoms. The van der Waals surface area contributed by atoms with E-state index < -0.39 is 5.54 Å². The number of benzene rings is 1. The zero-order valence-electron chi connectivity index (χ0n) is 20.3. The van der Waals surface area contributed by atoms with Crippen LogP contribution in [0.2, 0.25) is 0 Å². The predicted molar refractivity (Wildman–Crippen MR) is 140 cm³/mol. The maximum atomic E-state index is 13.3. The number of piperazine rings is 1. The van der Waals surface area contributed by atoms with Crippen molar-refractivity contribution < 1.29 is 9.53 Å². The van der Waals surface area contributed by atoms with E-state index in [-0.39, 0.29) is 5.97 Å². The van der Waals surface area contributed by atoms with Crippen molar-refractivity contribution in [1.29, 1.82) is 0 Å². The van der Waals surface area contributed by atoms with E-state index in [9.17, 15) is 4.79 Å². The van der Waals surface area contributed by atoms with Gasteiger partial charge >= 0.3 is 5.97 Å². The molecule has 0 spiro atoms. The SMILES string of the molecule is C/C=C\C(=C/NC1(C(=O)OCc2ccccc2)CCCCC1)c1csc(N2CCN(C)CC2)n1. The van der Waals surface area contributed by atoms with Crippen LogP contribution >= 0.6 is 11.3 Å². The Hall–Kier alpha value is -2.64. The van der Waals surface area contributed by atoms with Gasteiger partial charge in [0.15, 0.2) is 5.13 Å². The van der Waals surface area contributed by atoms with Crippen LogP contribution in [0.1, 0.15) is 50.3 Å². The third kappa shape index (κ3) is 6.07. The molecule has 1 aromatic carbocycles. The summed E-state index contributed by atoms with van der Waals surface area (Å²) < 4.78 is 5.79. The first-order chi connectivity index (χ1) is 16.6. The van der Waals surface area contributed by atoms with Gasteiger partial charge in [-0.15, -0.1) is 11.3 Å². The van der Waals surface area contributed by atoms with Gasteiger partial charge < -0.3 is 19.9 Å². The van der Waals surface area contributed by atoms with Crippen LogP contribution in [0, 0.1) is 0 Å². The van der Waals surface area contributed by atoms with Crippen molar-refractivity contribution in [2.45, 2.75) is 51.2 Å². The van der Waals surface area contributed by atoms with E-state index in [4.69, 9.17) is 9.72 Å². The van der Waals surface area contributed by atoms with E-state index in [1.165, 1.54) is 0 Å². The number of nitrogens with zero attached hydrogens (tertiary/aromatic N) is 3. The topological polar surface area (TPSA) is 57.7 Å². The average molecular weight is 481 g/mol. The molecule has 0 amide bonds. The lowest BCUT2D eigenvalue weighted by Gasteiger charge is -2.35. The highest BCUT2D eigenvalue weighted by Gasteiger charge is 2.40. The molecule has 2 aliphatic rings. The first kappa shape index (κ1) is 24.5. The lowest BCUT2D eigenvalue weighted by Crippen LogP contribution is -2.52. The number of aromatic nitrogens is 1. The second-order valence-electron chi connectivity index (χ2n) is 9.25. The highest BCUT2D eigenvalue weighted by Crippen LogP contribution is 2.31. The molecule has 0 unspecified atom stereocenters. The van der Waals surface area contributed by atoms with Gasteiger partial charge in [0.25, 0.3) is 0 Å². The molecule has 6 nitrogen and oxygen atoms in total. The Bertz CT molecular complexity index is 987. The molecule has 34 heavy (non-hydrogen) atoms. The van der Waals surface area contributed by atoms with E-state index in [0.717, 1.165) is 80.2 Å². The lowest BCUT2D eigenvalue weighted by atomic mass is 9.81. The van der Waals surface area contributed by atoms with Crippen LogP contribution in [0.15, 0.2) is 54.1 Å². The van der Waals surface area contributed by atoms with Crippen LogP contribution < -0.4 is 10.2 Å². The van der Waals surface area contributed by atoms with Gasteiger partial charge in [-0.2, -0.15) is 0 Å². The zero-order valence-corrected chi connectivity index (χ0v) is 21.2. The maximum absolute atomic E-state index is 13.3. The third-order valence-corrected chi connectivity index (χ3v) is 7.62. The van der Waals surface area contributed by atoms with Gasteiger partial charge in [-0.25, -0.2) is 9.78 Å². The molecule has 2 fully saturated rings. The molecule has 1 saturated heterocycles. The third-order valence-electron chi connectivity index (χ3n) is 6.72. The minimum atomic E-state index is -0.684. The molecule has 0 radical (unpaired) electrons. The molecule has 0 bridgehead atoms. The fraction of sp³-hybridized carbons (Fsp3) is 0.481. The van der Waals surface area contributed by atoms with Gasteiger partial charge in [-0.1, -0.05) is 61.7 Å². The van der Waals surface area contributed by atoms with Crippen molar-refractivity contribution >= 4 is 28.0 Å². The number of likely N-dealkylation sites (N-methyl/N-ethyl adjacent to an activating group) is 1. The summed E-state index contributed by atoms with van der Waals surface area (Å²) >= 11 is 1.69. The van der Waals surface area contributed by atoms with Gasteiger partial charge in [0.1, 0.15) is 12.1 Å². The van der Waals surface area contributed by atoms with Crippen molar-refractivity contribution in [2.24, 2.45) is 0 Å². The average Bonchev–Trinajstić information content (AvgIpc) is 3.37. The Morgan fingerprint density at radius 3 is 2.59 bits per heavy atom. The number of esters is 1. The van der Waals surface area contributed by atoms with Gasteiger partial charge in [0, 0.05) is 43.3 Å². The molecule has 4 rings (SSSR count). The molecule has 182 valence electrons. The molecule has 1 N–H and O–H groups in total. The monoisotopic (exact) mass is 480 g/mol. The van der Waals surface area contributed by atoms with Crippen LogP contribution in [0.25, 0.3) is 5.57 Å². The Morgan fingerprint density at radius 1 is 1.15 bits per heavy atom. The lowest BCUT2D eigenvalue weighted by molar-refractivity contribution is -0.154. The molecular weight excluding hydrogens is 444 g/mol. The van der Waals surface area contributed by atoms with Crippen LogP contribution in [0.3, 0.4) is 0 Å². The van der Waals surface area contributed by atoms with E-state index in [0.29, 0.717) is 6.61 Å². The Balaban J connectivity index is 1.49. The van der Waals surface area contributed by atoms with Crippen molar-refractivity contribution in [3.63, 3.8) is 0 Å². The van der Waals surface area contributed by atoms with E-state index in [2.05, 4.69) is 33.6 Å². The number of nitrogens with one attached hydrogen (secondary N) is 1. The fourth-order valence-electron chi connectivity index (χ4n) is 4.57. The first-order valence-electron chi connectivity index (χ1n) is 12.3. The highest BCUT2D eigenvalue weighted by molar-refractivity contribution is 7.13. The minimum Gasteiger partial charge on any atom is -0.459 e. The number of rotatable bonds is 8. The first-order valence-corrected chi connectivity index (χ1v) is 13.2. The smallest absolute Gasteiger partial charge is 0.332 e. The van der Waals surface area contributed by atoms with Crippen molar-refractivity contribution in [3.8, 4) is 0 Å². The summed E-state index contributed by atoms with van der Waals surface area (Å²) in [7, 11) is 2.16. The van der Waals surface area contributed by atoms with Gasteiger partial charge in [0.05, 0.1) is 5.69 Å². The van der Waals surface area contributed by atoms with Gasteiger partial charge in [0.2, 0.25) is 0 Å². The molecule has 1 saturated carbocycles. The summed E-state index contributed by atoms with van der Waals surface area (Å²) in [5, 5.41) is 6.68. The molecular formula is C27H36N4O2S. The van der Waals surface area contributed by atoms with Gasteiger partial charge in [-0.05, 0) is 32.4 Å². The zero-order chi connectivity index (χ0) is 23.8. The number of ether oxygens (including phenoxy) is 1. The van der Waals surface area contributed by atoms with Crippen molar-refractivity contribution in [3.05, 3.63) is 65.3 Å². The van der Waals surface area contributed by atoms with E-state index in [1.54, 1.807) is 11.3 Å². The second-order valence-corrected chi connectivity index (χ2v) is 10.1. The Kier molecular flexibility index (Phi) is 8.40. The number of hydrogen-bond donors (Lipinski definition) is 1. The summed E-state index contributed by atoms with van der Waals surface area (Å²) in [6.07, 6.45) is 10.8. The molecule has 1 aliphatic heterocycles. The van der Waals surface area contributed by atoms with Crippen LogP contribution in [0.4, 0.5) is 5.13 Å². The number of carbonyl (C=O) groups excluding carboxylic acids is 1. The molecule has 0 atom stereocenters. The second kappa shape index (κ2) is 11.7. The molecule has 1 aromatic heterocycles. The molecule has 2 heterocycles. The van der Waals surface area contributed by atoms with E-state index in [1.807, 2.05) is 49.5 Å². The largest absolute Gasteiger partial charge is 0.459 e. The van der Waals surface area contributed by atoms with Gasteiger partial charge in [-0.3, -0.25) is 0 Å². The summed E-state index contributed by atoms with van der Waals surface area (Å²) in [4.78, 5) is 22.9. The summed E-state index contributed by atoms with van der Waals surface area (Å²) in [5.74, 6) is -0.163. The van der Waals surface area contributed by atoms with Crippen molar-refractivity contribution in [2.75, 3.05) is 38.1 Å². The van der Waals surface area contributed by atoms with Crippen LogP contribution in [-0.2, 0) is 16.1 Å². The number of allylic oxidation sites excluding steroid dienone is 3. The summed E-state index contributed by atoms with van der Waals surface area (Å²) in [6.45, 7) is 6.42.